The Morgan fingerprint density at radius 1 is 1.44 bits per heavy atom. The maximum absolute atomic E-state index is 11.6. The molecule has 7 heteroatoms. The zero-order valence-corrected chi connectivity index (χ0v) is 12.6. The minimum Gasteiger partial charge on any atom is -0.331 e. The highest BCUT2D eigenvalue weighted by molar-refractivity contribution is 9.10. The normalized spacial score (nSPS) is 22.6. The van der Waals surface area contributed by atoms with Crippen molar-refractivity contribution in [2.24, 2.45) is 0 Å². The lowest BCUT2D eigenvalue weighted by Gasteiger charge is -2.11. The first-order valence-corrected chi connectivity index (χ1v) is 8.59. The van der Waals surface area contributed by atoms with E-state index >= 15 is 0 Å². The molecule has 0 bridgehead atoms. The number of sulfone groups is 1. The van der Waals surface area contributed by atoms with Crippen LogP contribution in [-0.2, 0) is 9.84 Å². The van der Waals surface area contributed by atoms with Crippen LogP contribution in [0.4, 0.5) is 0 Å². The van der Waals surface area contributed by atoms with Gasteiger partial charge in [-0.3, -0.25) is 0 Å². The van der Waals surface area contributed by atoms with Crippen LogP contribution in [0.25, 0.3) is 11.0 Å². The Balaban J connectivity index is 2.18. The molecule has 1 aromatic heterocycles. The summed E-state index contributed by atoms with van der Waals surface area (Å²) in [5.74, 6) is 0.437. The predicted octanol–water partition coefficient (Wildman–Crippen LogP) is 2.82. The molecule has 3 rings (SSSR count). The second kappa shape index (κ2) is 4.18. The molecule has 96 valence electrons. The van der Waals surface area contributed by atoms with E-state index in [0.717, 1.165) is 15.5 Å². The molecular weight excluding hydrogens is 336 g/mol. The van der Waals surface area contributed by atoms with Crippen LogP contribution in [0, 0.1) is 4.77 Å². The van der Waals surface area contributed by atoms with Crippen molar-refractivity contribution >= 4 is 49.0 Å². The van der Waals surface area contributed by atoms with E-state index in [-0.39, 0.29) is 17.5 Å². The average molecular weight is 347 g/mol. The summed E-state index contributed by atoms with van der Waals surface area (Å²) in [5.41, 5.74) is 1.89. The number of imidazole rings is 1. The Morgan fingerprint density at radius 2 is 2.22 bits per heavy atom. The van der Waals surface area contributed by atoms with Gasteiger partial charge in [0.05, 0.1) is 28.6 Å². The van der Waals surface area contributed by atoms with E-state index in [9.17, 15) is 8.42 Å². The SMILES string of the molecule is O=S1(=O)CCC(n2c(=S)[nH]c3cc(Br)ccc32)C1. The summed E-state index contributed by atoms with van der Waals surface area (Å²) in [5, 5.41) is 0. The van der Waals surface area contributed by atoms with Crippen molar-refractivity contribution in [2.75, 3.05) is 11.5 Å². The molecule has 1 unspecified atom stereocenters. The van der Waals surface area contributed by atoms with Crippen molar-refractivity contribution < 1.29 is 8.42 Å². The zero-order chi connectivity index (χ0) is 12.9. The van der Waals surface area contributed by atoms with Crippen molar-refractivity contribution in [1.82, 2.24) is 9.55 Å². The number of nitrogens with zero attached hydrogens (tertiary/aromatic N) is 1. The molecule has 2 aromatic rings. The van der Waals surface area contributed by atoms with Crippen LogP contribution in [0.3, 0.4) is 0 Å². The maximum Gasteiger partial charge on any atom is 0.178 e. The fraction of sp³-hybridized carbons (Fsp3) is 0.364. The number of H-pyrrole nitrogens is 1. The molecule has 0 spiro atoms. The Kier molecular flexibility index (Phi) is 2.87. The van der Waals surface area contributed by atoms with Gasteiger partial charge in [-0.1, -0.05) is 15.9 Å². The van der Waals surface area contributed by atoms with Crippen LogP contribution in [0.5, 0.6) is 0 Å². The summed E-state index contributed by atoms with van der Waals surface area (Å²) in [6.45, 7) is 0. The van der Waals surface area contributed by atoms with Crippen LogP contribution < -0.4 is 0 Å². The van der Waals surface area contributed by atoms with Gasteiger partial charge >= 0.3 is 0 Å². The van der Waals surface area contributed by atoms with Gasteiger partial charge in [0.1, 0.15) is 0 Å². The number of halogens is 1. The summed E-state index contributed by atoms with van der Waals surface area (Å²) in [6, 6.07) is 5.80. The van der Waals surface area contributed by atoms with Crippen LogP contribution >= 0.6 is 28.1 Å². The first-order chi connectivity index (χ1) is 8.46. The highest BCUT2D eigenvalue weighted by Crippen LogP contribution is 2.29. The van der Waals surface area contributed by atoms with E-state index in [1.54, 1.807) is 0 Å². The molecule has 1 N–H and O–H groups in total. The molecule has 1 fully saturated rings. The fourth-order valence-corrected chi connectivity index (χ4v) is 4.86. The number of hydrogen-bond acceptors (Lipinski definition) is 3. The van der Waals surface area contributed by atoms with E-state index in [2.05, 4.69) is 20.9 Å². The monoisotopic (exact) mass is 346 g/mol. The Hall–Kier alpha value is -0.660. The van der Waals surface area contributed by atoms with Gasteiger partial charge in [-0.15, -0.1) is 0 Å². The van der Waals surface area contributed by atoms with Crippen molar-refractivity contribution in [3.05, 3.63) is 27.4 Å². The number of nitrogens with one attached hydrogen (secondary N) is 1. The molecule has 1 aromatic carbocycles. The van der Waals surface area contributed by atoms with Gasteiger partial charge in [0.15, 0.2) is 14.6 Å². The third kappa shape index (κ3) is 2.04. The van der Waals surface area contributed by atoms with Gasteiger partial charge in [-0.05, 0) is 36.8 Å². The highest BCUT2D eigenvalue weighted by atomic mass is 79.9. The molecule has 2 heterocycles. The number of aromatic amines is 1. The topological polar surface area (TPSA) is 54.9 Å². The van der Waals surface area contributed by atoms with Crippen LogP contribution in [0.15, 0.2) is 22.7 Å². The molecule has 0 radical (unpaired) electrons. The minimum atomic E-state index is -2.91. The molecule has 1 aliphatic heterocycles. The lowest BCUT2D eigenvalue weighted by molar-refractivity contribution is 0.563. The van der Waals surface area contributed by atoms with Gasteiger partial charge < -0.3 is 9.55 Å². The molecular formula is C11H11BrN2O2S2. The van der Waals surface area contributed by atoms with Crippen molar-refractivity contribution in [2.45, 2.75) is 12.5 Å². The van der Waals surface area contributed by atoms with Gasteiger partial charge in [0.25, 0.3) is 0 Å². The first-order valence-electron chi connectivity index (χ1n) is 5.56. The second-order valence-corrected chi connectivity index (χ2v) is 8.05. The summed E-state index contributed by atoms with van der Waals surface area (Å²) in [6.07, 6.45) is 0.639. The molecule has 1 atom stereocenters. The van der Waals surface area contributed by atoms with Gasteiger partial charge in [0.2, 0.25) is 0 Å². The van der Waals surface area contributed by atoms with Crippen molar-refractivity contribution in [1.29, 1.82) is 0 Å². The summed E-state index contributed by atoms with van der Waals surface area (Å²) < 4.78 is 26.6. The van der Waals surface area contributed by atoms with Crippen LogP contribution in [0.2, 0.25) is 0 Å². The number of fused-ring (bicyclic) bond motifs is 1. The quantitative estimate of drug-likeness (QED) is 0.807. The molecule has 4 nitrogen and oxygen atoms in total. The largest absolute Gasteiger partial charge is 0.331 e. The van der Waals surface area contributed by atoms with Gasteiger partial charge in [0, 0.05) is 4.47 Å². The Bertz CT molecular complexity index is 776. The first kappa shape index (κ1) is 12.4. The predicted molar refractivity (Wildman–Crippen MR) is 77.1 cm³/mol. The smallest absolute Gasteiger partial charge is 0.178 e. The Morgan fingerprint density at radius 3 is 2.89 bits per heavy atom. The molecule has 0 amide bonds. The summed E-state index contributed by atoms with van der Waals surface area (Å²) in [4.78, 5) is 3.13. The third-order valence-corrected chi connectivity index (χ3v) is 5.79. The number of rotatable bonds is 1. The van der Waals surface area contributed by atoms with Crippen LogP contribution in [0.1, 0.15) is 12.5 Å². The van der Waals surface area contributed by atoms with Crippen molar-refractivity contribution in [3.8, 4) is 0 Å². The van der Waals surface area contributed by atoms with E-state index in [1.807, 2.05) is 22.8 Å². The molecule has 1 aliphatic rings. The van der Waals surface area contributed by atoms with E-state index in [1.165, 1.54) is 0 Å². The number of aromatic nitrogens is 2. The lowest BCUT2D eigenvalue weighted by Crippen LogP contribution is -2.10. The summed E-state index contributed by atoms with van der Waals surface area (Å²) in [7, 11) is -2.91. The van der Waals surface area contributed by atoms with Gasteiger partial charge in [-0.2, -0.15) is 0 Å². The fourth-order valence-electron chi connectivity index (χ4n) is 2.44. The molecule has 0 saturated carbocycles. The zero-order valence-electron chi connectivity index (χ0n) is 9.39. The molecule has 0 aliphatic carbocycles. The second-order valence-electron chi connectivity index (χ2n) is 4.52. The Labute approximate surface area is 118 Å². The third-order valence-electron chi connectivity index (χ3n) is 3.25. The van der Waals surface area contributed by atoms with Gasteiger partial charge in [-0.25, -0.2) is 8.42 Å². The number of benzene rings is 1. The maximum atomic E-state index is 11.6. The lowest BCUT2D eigenvalue weighted by atomic mass is 10.2. The number of hydrogen-bond donors (Lipinski definition) is 1. The van der Waals surface area contributed by atoms with E-state index < -0.39 is 9.84 Å². The average Bonchev–Trinajstić information content (AvgIpc) is 2.77. The van der Waals surface area contributed by atoms with Crippen molar-refractivity contribution in [3.63, 3.8) is 0 Å². The molecule has 18 heavy (non-hydrogen) atoms. The minimum absolute atomic E-state index is 0.0441. The highest BCUT2D eigenvalue weighted by Gasteiger charge is 2.30. The van der Waals surface area contributed by atoms with E-state index in [4.69, 9.17) is 12.2 Å². The van der Waals surface area contributed by atoms with E-state index in [0.29, 0.717) is 11.2 Å². The standard InChI is InChI=1S/C11H11BrN2O2S2/c12-7-1-2-10-9(5-7)13-11(17)14(10)8-3-4-18(15,16)6-8/h1-2,5,8H,3-4,6H2,(H,13,17). The van der Waals surface area contributed by atoms with Crippen LogP contribution in [-0.4, -0.2) is 29.5 Å². The summed E-state index contributed by atoms with van der Waals surface area (Å²) >= 11 is 8.71. The molecule has 1 saturated heterocycles.